The highest BCUT2D eigenvalue weighted by atomic mass is 35.5. The summed E-state index contributed by atoms with van der Waals surface area (Å²) in [6.07, 6.45) is 0. The Balaban J connectivity index is 1.55. The van der Waals surface area contributed by atoms with Gasteiger partial charge in [0.15, 0.2) is 0 Å². The van der Waals surface area contributed by atoms with Gasteiger partial charge in [0.2, 0.25) is 0 Å². The van der Waals surface area contributed by atoms with Gasteiger partial charge in [-0.1, -0.05) is 112 Å². The SMILES string of the molecule is O=C(O/N=C1\c2ccccc2/C(=N/OC(=O)c2ccccc2Cl)C1c1ccccc1)c1ccccc1Cl. The largest absolute Gasteiger partial charge is 0.367 e. The number of oxime groups is 2. The number of halogens is 2. The van der Waals surface area contributed by atoms with E-state index in [2.05, 4.69) is 10.3 Å². The number of hydrogen-bond acceptors (Lipinski definition) is 6. The molecule has 4 aromatic carbocycles. The normalized spacial score (nSPS) is 16.4. The molecule has 0 aliphatic heterocycles. The molecular formula is C29H18Cl2N2O4. The highest BCUT2D eigenvalue weighted by Crippen LogP contribution is 2.36. The van der Waals surface area contributed by atoms with Crippen LogP contribution < -0.4 is 0 Å². The molecule has 1 unspecified atom stereocenters. The van der Waals surface area contributed by atoms with Crippen molar-refractivity contribution in [3.05, 3.63) is 141 Å². The first-order valence-corrected chi connectivity index (χ1v) is 12.0. The van der Waals surface area contributed by atoms with Crippen molar-refractivity contribution in [1.29, 1.82) is 0 Å². The number of hydrogen-bond donors (Lipinski definition) is 0. The zero-order chi connectivity index (χ0) is 25.8. The summed E-state index contributed by atoms with van der Waals surface area (Å²) in [5, 5.41) is 9.03. The maximum Gasteiger partial charge on any atom is 0.367 e. The Morgan fingerprint density at radius 1 is 0.568 bits per heavy atom. The minimum Gasteiger partial charge on any atom is -0.312 e. The molecule has 182 valence electrons. The maximum atomic E-state index is 12.7. The molecule has 8 heteroatoms. The van der Waals surface area contributed by atoms with Crippen LogP contribution in [0.5, 0.6) is 0 Å². The minimum atomic E-state index is -0.696. The second-order valence-electron chi connectivity index (χ2n) is 8.06. The third-order valence-corrected chi connectivity index (χ3v) is 6.46. The van der Waals surface area contributed by atoms with Crippen LogP contribution in [0.25, 0.3) is 0 Å². The third kappa shape index (κ3) is 5.03. The molecule has 5 rings (SSSR count). The van der Waals surface area contributed by atoms with Crippen molar-refractivity contribution in [2.24, 2.45) is 10.3 Å². The summed E-state index contributed by atoms with van der Waals surface area (Å²) >= 11 is 12.3. The standard InChI is InChI=1S/C29H18Cl2N2O4/c30-23-16-8-6-14-21(23)28(34)36-32-26-19-12-4-5-13-20(19)27(25(26)18-10-2-1-3-11-18)33-37-29(35)22-15-7-9-17-24(22)31/h1-17,25H/b32-26-,33-27+. The Morgan fingerprint density at radius 2 is 0.973 bits per heavy atom. The fourth-order valence-electron chi connectivity index (χ4n) is 4.07. The van der Waals surface area contributed by atoms with Gasteiger partial charge >= 0.3 is 11.9 Å². The van der Waals surface area contributed by atoms with Crippen molar-refractivity contribution in [3.8, 4) is 0 Å². The quantitative estimate of drug-likeness (QED) is 0.208. The van der Waals surface area contributed by atoms with Gasteiger partial charge in [-0.2, -0.15) is 0 Å². The molecule has 0 spiro atoms. The van der Waals surface area contributed by atoms with Gasteiger partial charge in [-0.05, 0) is 29.8 Å². The molecule has 1 atom stereocenters. The lowest BCUT2D eigenvalue weighted by atomic mass is 9.93. The van der Waals surface area contributed by atoms with Crippen LogP contribution in [0, 0.1) is 0 Å². The van der Waals surface area contributed by atoms with Crippen molar-refractivity contribution in [3.63, 3.8) is 0 Å². The Hall–Kier alpha value is -4.26. The first-order valence-electron chi connectivity index (χ1n) is 11.3. The van der Waals surface area contributed by atoms with Crippen LogP contribution >= 0.6 is 23.2 Å². The lowest BCUT2D eigenvalue weighted by molar-refractivity contribution is 0.0510. The van der Waals surface area contributed by atoms with E-state index in [-0.39, 0.29) is 21.2 Å². The van der Waals surface area contributed by atoms with E-state index in [4.69, 9.17) is 32.9 Å². The summed E-state index contributed by atoms with van der Waals surface area (Å²) in [6, 6.07) is 29.9. The Morgan fingerprint density at radius 3 is 1.43 bits per heavy atom. The molecule has 4 aromatic rings. The summed E-state index contributed by atoms with van der Waals surface area (Å²) < 4.78 is 0. The van der Waals surface area contributed by atoms with Crippen molar-refractivity contribution < 1.29 is 19.3 Å². The van der Waals surface area contributed by atoms with E-state index in [0.717, 1.165) is 5.56 Å². The Kier molecular flexibility index (Phi) is 7.12. The Labute approximate surface area is 222 Å². The monoisotopic (exact) mass is 528 g/mol. The van der Waals surface area contributed by atoms with Gasteiger partial charge in [-0.25, -0.2) is 9.59 Å². The van der Waals surface area contributed by atoms with Gasteiger partial charge < -0.3 is 9.68 Å². The molecule has 1 aliphatic rings. The van der Waals surface area contributed by atoms with Crippen LogP contribution in [0.3, 0.4) is 0 Å². The molecule has 0 radical (unpaired) electrons. The van der Waals surface area contributed by atoms with Crippen LogP contribution in [-0.4, -0.2) is 23.4 Å². The van der Waals surface area contributed by atoms with Crippen molar-refractivity contribution >= 4 is 46.6 Å². The zero-order valence-corrected chi connectivity index (χ0v) is 20.7. The van der Waals surface area contributed by atoms with E-state index in [1.165, 1.54) is 0 Å². The number of fused-ring (bicyclic) bond motifs is 1. The van der Waals surface area contributed by atoms with Crippen LogP contribution in [0.1, 0.15) is 43.3 Å². The number of benzene rings is 4. The fourth-order valence-corrected chi connectivity index (χ4v) is 4.49. The van der Waals surface area contributed by atoms with Crippen LogP contribution in [-0.2, 0) is 9.68 Å². The molecule has 37 heavy (non-hydrogen) atoms. The minimum absolute atomic E-state index is 0.193. The van der Waals surface area contributed by atoms with Gasteiger partial charge in [-0.3, -0.25) is 0 Å². The van der Waals surface area contributed by atoms with E-state index in [0.29, 0.717) is 22.6 Å². The van der Waals surface area contributed by atoms with Crippen LogP contribution in [0.15, 0.2) is 113 Å². The van der Waals surface area contributed by atoms with Gasteiger partial charge in [0, 0.05) is 11.1 Å². The molecule has 1 aliphatic carbocycles. The van der Waals surface area contributed by atoms with Crippen molar-refractivity contribution in [1.82, 2.24) is 0 Å². The second-order valence-corrected chi connectivity index (χ2v) is 8.87. The Bertz CT molecular complexity index is 1450. The predicted octanol–water partition coefficient (Wildman–Crippen LogP) is 6.91. The topological polar surface area (TPSA) is 77.3 Å². The molecule has 6 nitrogen and oxygen atoms in total. The smallest absolute Gasteiger partial charge is 0.312 e. The highest BCUT2D eigenvalue weighted by molar-refractivity contribution is 6.35. The van der Waals surface area contributed by atoms with E-state index in [1.807, 2.05) is 54.6 Å². The average Bonchev–Trinajstić information content (AvgIpc) is 3.24. The van der Waals surface area contributed by atoms with Gasteiger partial charge in [0.05, 0.1) is 27.1 Å². The van der Waals surface area contributed by atoms with Crippen molar-refractivity contribution in [2.75, 3.05) is 0 Å². The lowest BCUT2D eigenvalue weighted by Crippen LogP contribution is -2.17. The first-order chi connectivity index (χ1) is 18.0. The molecule has 0 N–H and O–H groups in total. The molecule has 0 saturated heterocycles. The maximum absolute atomic E-state index is 12.7. The first kappa shape index (κ1) is 24.4. The van der Waals surface area contributed by atoms with Gasteiger partial charge in [0.1, 0.15) is 11.4 Å². The number of carbonyl (C=O) groups is 2. The summed E-state index contributed by atoms with van der Waals surface area (Å²) in [7, 11) is 0. The van der Waals surface area contributed by atoms with E-state index in [9.17, 15) is 9.59 Å². The highest BCUT2D eigenvalue weighted by Gasteiger charge is 2.38. The molecule has 0 aromatic heterocycles. The van der Waals surface area contributed by atoms with E-state index in [1.54, 1.807) is 48.5 Å². The summed E-state index contributed by atoms with van der Waals surface area (Å²) in [4.78, 5) is 36.2. The third-order valence-electron chi connectivity index (χ3n) is 5.80. The van der Waals surface area contributed by atoms with Gasteiger partial charge in [-0.15, -0.1) is 0 Å². The summed E-state index contributed by atoms with van der Waals surface area (Å²) in [5.74, 6) is -1.97. The van der Waals surface area contributed by atoms with E-state index >= 15 is 0 Å². The van der Waals surface area contributed by atoms with Gasteiger partial charge in [0.25, 0.3) is 0 Å². The molecule has 0 bridgehead atoms. The zero-order valence-electron chi connectivity index (χ0n) is 19.2. The molecule has 0 amide bonds. The number of carbonyl (C=O) groups excluding carboxylic acids is 2. The molecule has 0 fully saturated rings. The predicted molar refractivity (Wildman–Crippen MR) is 142 cm³/mol. The van der Waals surface area contributed by atoms with E-state index < -0.39 is 17.9 Å². The summed E-state index contributed by atoms with van der Waals surface area (Å²) in [5.41, 5.74) is 3.47. The second kappa shape index (κ2) is 10.8. The van der Waals surface area contributed by atoms with Crippen molar-refractivity contribution in [2.45, 2.75) is 5.92 Å². The summed E-state index contributed by atoms with van der Waals surface area (Å²) in [6.45, 7) is 0. The number of rotatable bonds is 5. The molecule has 0 heterocycles. The lowest BCUT2D eigenvalue weighted by Gasteiger charge is -2.13. The van der Waals surface area contributed by atoms with Crippen LogP contribution in [0.4, 0.5) is 0 Å². The molecular weight excluding hydrogens is 511 g/mol. The average molecular weight is 529 g/mol. The van der Waals surface area contributed by atoms with Crippen LogP contribution in [0.2, 0.25) is 10.0 Å². The fraction of sp³-hybridized carbons (Fsp3) is 0.0345. The molecule has 0 saturated carbocycles. The number of nitrogens with zero attached hydrogens (tertiary/aromatic N) is 2.